The molecule has 0 radical (unpaired) electrons. The first-order valence-electron chi connectivity index (χ1n) is 12.0. The SMILES string of the molecule is CCN(CC)CCNC(=O)c1cc(-c2cccc(OC)c2)nc2c1c(C)nn2C1CCS(=O)(=O)C1. The molecule has 1 fully saturated rings. The molecule has 3 heterocycles. The highest BCUT2D eigenvalue weighted by Crippen LogP contribution is 2.32. The van der Waals surface area contributed by atoms with Crippen molar-refractivity contribution < 1.29 is 17.9 Å². The summed E-state index contributed by atoms with van der Waals surface area (Å²) >= 11 is 0. The summed E-state index contributed by atoms with van der Waals surface area (Å²) in [7, 11) is -1.51. The number of likely N-dealkylation sites (N-methyl/N-ethyl adjacent to an activating group) is 1. The summed E-state index contributed by atoms with van der Waals surface area (Å²) in [5.74, 6) is 0.642. The molecule has 188 valence electrons. The molecule has 3 aromatic rings. The molecule has 1 atom stereocenters. The number of sulfone groups is 1. The van der Waals surface area contributed by atoms with Crippen molar-refractivity contribution >= 4 is 26.8 Å². The van der Waals surface area contributed by atoms with Crippen molar-refractivity contribution in [3.05, 3.63) is 41.6 Å². The fraction of sp³-hybridized carbons (Fsp3) is 0.480. The molecule has 2 aromatic heterocycles. The predicted molar refractivity (Wildman–Crippen MR) is 137 cm³/mol. The van der Waals surface area contributed by atoms with Crippen molar-refractivity contribution in [1.82, 2.24) is 25.0 Å². The number of aromatic nitrogens is 3. The van der Waals surface area contributed by atoms with E-state index in [9.17, 15) is 13.2 Å². The van der Waals surface area contributed by atoms with E-state index >= 15 is 0 Å². The number of benzene rings is 1. The van der Waals surface area contributed by atoms with Crippen LogP contribution in [0.1, 0.15) is 42.4 Å². The average molecular weight is 500 g/mol. The molecule has 0 bridgehead atoms. The van der Waals surface area contributed by atoms with Crippen LogP contribution < -0.4 is 10.1 Å². The first kappa shape index (κ1) is 25.1. The monoisotopic (exact) mass is 499 g/mol. The molecule has 0 spiro atoms. The van der Waals surface area contributed by atoms with Gasteiger partial charge in [0.2, 0.25) is 0 Å². The van der Waals surface area contributed by atoms with E-state index < -0.39 is 9.84 Å². The van der Waals surface area contributed by atoms with Gasteiger partial charge in [0.05, 0.1) is 47.0 Å². The summed E-state index contributed by atoms with van der Waals surface area (Å²) in [5.41, 5.74) is 3.07. The standard InChI is InChI=1S/C25H33N5O4S/c1-5-29(6-2)12-11-26-25(31)21-15-22(18-8-7-9-20(14-18)34-4)27-24-23(21)17(3)28-30(24)19-10-13-35(32,33)16-19/h7-9,14-15,19H,5-6,10-13,16H2,1-4H3,(H,26,31). The van der Waals surface area contributed by atoms with Crippen LogP contribution in [0.25, 0.3) is 22.3 Å². The second kappa shape index (κ2) is 10.3. The fourth-order valence-corrected chi connectivity index (χ4v) is 6.30. The molecular weight excluding hydrogens is 466 g/mol. The van der Waals surface area contributed by atoms with Crippen molar-refractivity contribution in [3.63, 3.8) is 0 Å². The number of hydrogen-bond donors (Lipinski definition) is 1. The van der Waals surface area contributed by atoms with Gasteiger partial charge in [0.15, 0.2) is 15.5 Å². The minimum absolute atomic E-state index is 0.0275. The minimum atomic E-state index is -3.12. The van der Waals surface area contributed by atoms with Crippen LogP contribution in [-0.2, 0) is 9.84 Å². The minimum Gasteiger partial charge on any atom is -0.497 e. The topological polar surface area (TPSA) is 106 Å². The third-order valence-corrected chi connectivity index (χ3v) is 8.36. The zero-order valence-electron chi connectivity index (χ0n) is 20.7. The molecule has 0 aliphatic carbocycles. The third-order valence-electron chi connectivity index (χ3n) is 6.61. The van der Waals surface area contributed by atoms with Gasteiger partial charge in [0.1, 0.15) is 5.75 Å². The molecule has 1 saturated heterocycles. The van der Waals surface area contributed by atoms with Crippen LogP contribution >= 0.6 is 0 Å². The van der Waals surface area contributed by atoms with Crippen molar-refractivity contribution in [1.29, 1.82) is 0 Å². The Kier molecular flexibility index (Phi) is 7.42. The summed E-state index contributed by atoms with van der Waals surface area (Å²) in [5, 5.41) is 8.36. The third kappa shape index (κ3) is 5.33. The zero-order chi connectivity index (χ0) is 25.2. The van der Waals surface area contributed by atoms with Crippen LogP contribution in [-0.4, -0.2) is 78.8 Å². The Labute approximate surface area is 206 Å². The number of nitrogens with zero attached hydrogens (tertiary/aromatic N) is 4. The van der Waals surface area contributed by atoms with Gasteiger partial charge in [-0.05, 0) is 44.6 Å². The number of ether oxygens (including phenoxy) is 1. The van der Waals surface area contributed by atoms with Crippen LogP contribution in [0.3, 0.4) is 0 Å². The number of aryl methyl sites for hydroxylation is 1. The normalized spacial score (nSPS) is 17.2. The molecule has 9 nitrogen and oxygen atoms in total. The quantitative estimate of drug-likeness (QED) is 0.482. The van der Waals surface area contributed by atoms with Gasteiger partial charge < -0.3 is 15.0 Å². The van der Waals surface area contributed by atoms with Crippen molar-refractivity contribution in [3.8, 4) is 17.0 Å². The van der Waals surface area contributed by atoms with Gasteiger partial charge >= 0.3 is 0 Å². The second-order valence-corrected chi connectivity index (χ2v) is 11.1. The lowest BCUT2D eigenvalue weighted by Gasteiger charge is -2.18. The molecule has 0 saturated carbocycles. The Bertz CT molecular complexity index is 1330. The highest BCUT2D eigenvalue weighted by Gasteiger charge is 2.32. The largest absolute Gasteiger partial charge is 0.497 e. The number of carbonyl (C=O) groups excluding carboxylic acids is 1. The van der Waals surface area contributed by atoms with Gasteiger partial charge in [0.25, 0.3) is 5.91 Å². The lowest BCUT2D eigenvalue weighted by Crippen LogP contribution is -2.34. The van der Waals surface area contributed by atoms with Crippen molar-refractivity contribution in [2.45, 2.75) is 33.2 Å². The average Bonchev–Trinajstić information content (AvgIpc) is 3.39. The maximum Gasteiger partial charge on any atom is 0.252 e. The predicted octanol–water partition coefficient (Wildman–Crippen LogP) is 2.85. The van der Waals surface area contributed by atoms with Crippen LogP contribution in [0.15, 0.2) is 30.3 Å². The highest BCUT2D eigenvalue weighted by atomic mass is 32.2. The summed E-state index contributed by atoms with van der Waals surface area (Å²) in [4.78, 5) is 20.5. The highest BCUT2D eigenvalue weighted by molar-refractivity contribution is 7.91. The van der Waals surface area contributed by atoms with Crippen molar-refractivity contribution in [2.75, 3.05) is 44.8 Å². The molecule has 1 amide bonds. The van der Waals surface area contributed by atoms with Crippen LogP contribution in [0.5, 0.6) is 5.75 Å². The van der Waals surface area contributed by atoms with E-state index in [1.165, 1.54) is 0 Å². The molecule has 10 heteroatoms. The Balaban J connectivity index is 1.80. The fourth-order valence-electron chi connectivity index (χ4n) is 4.61. The van der Waals surface area contributed by atoms with Crippen molar-refractivity contribution in [2.24, 2.45) is 0 Å². The van der Waals surface area contributed by atoms with E-state index in [4.69, 9.17) is 9.72 Å². The molecular formula is C25H33N5O4S. The number of amides is 1. The smallest absolute Gasteiger partial charge is 0.252 e. The second-order valence-electron chi connectivity index (χ2n) is 8.86. The maximum absolute atomic E-state index is 13.4. The maximum atomic E-state index is 13.4. The van der Waals surface area contributed by atoms with Gasteiger partial charge in [-0.15, -0.1) is 0 Å². The number of nitrogens with one attached hydrogen (secondary N) is 1. The Morgan fingerprint density at radius 3 is 2.69 bits per heavy atom. The van der Waals surface area contributed by atoms with Crippen LogP contribution in [0, 0.1) is 6.92 Å². The van der Waals surface area contributed by atoms with Gasteiger partial charge in [-0.25, -0.2) is 18.1 Å². The summed E-state index contributed by atoms with van der Waals surface area (Å²) in [6, 6.07) is 8.98. The van der Waals surface area contributed by atoms with Gasteiger partial charge in [-0.2, -0.15) is 5.10 Å². The molecule has 4 rings (SSSR count). The van der Waals surface area contributed by atoms with Crippen LogP contribution in [0.2, 0.25) is 0 Å². The zero-order valence-corrected chi connectivity index (χ0v) is 21.6. The summed E-state index contributed by atoms with van der Waals surface area (Å²) in [6.07, 6.45) is 0.481. The Hall–Kier alpha value is -2.98. The first-order chi connectivity index (χ1) is 16.8. The van der Waals surface area contributed by atoms with E-state index in [0.717, 1.165) is 25.2 Å². The Morgan fingerprint density at radius 2 is 2.03 bits per heavy atom. The number of rotatable bonds is 9. The Morgan fingerprint density at radius 1 is 1.26 bits per heavy atom. The van der Waals surface area contributed by atoms with Gasteiger partial charge in [-0.1, -0.05) is 26.0 Å². The number of hydrogen-bond acceptors (Lipinski definition) is 7. The molecule has 1 aromatic carbocycles. The number of methoxy groups -OCH3 is 1. The summed E-state index contributed by atoms with van der Waals surface area (Å²) in [6.45, 7) is 9.14. The van der Waals surface area contributed by atoms with Gasteiger partial charge in [-0.3, -0.25) is 4.79 Å². The van der Waals surface area contributed by atoms with E-state index in [0.29, 0.717) is 46.7 Å². The number of fused-ring (bicyclic) bond motifs is 1. The van der Waals surface area contributed by atoms with E-state index in [1.54, 1.807) is 17.9 Å². The van der Waals surface area contributed by atoms with E-state index in [2.05, 4.69) is 29.2 Å². The van der Waals surface area contributed by atoms with E-state index in [1.807, 2.05) is 31.2 Å². The molecule has 1 N–H and O–H groups in total. The van der Waals surface area contributed by atoms with Crippen LogP contribution in [0.4, 0.5) is 0 Å². The lowest BCUT2D eigenvalue weighted by atomic mass is 10.0. The van der Waals surface area contributed by atoms with Gasteiger partial charge in [0, 0.05) is 18.7 Å². The van der Waals surface area contributed by atoms with E-state index in [-0.39, 0.29) is 23.5 Å². The number of carbonyl (C=O) groups is 1. The summed E-state index contributed by atoms with van der Waals surface area (Å²) < 4.78 is 31.4. The molecule has 1 aliphatic heterocycles. The molecule has 35 heavy (non-hydrogen) atoms. The molecule has 1 unspecified atom stereocenters. The first-order valence-corrected chi connectivity index (χ1v) is 13.8. The number of pyridine rings is 1. The lowest BCUT2D eigenvalue weighted by molar-refractivity contribution is 0.0950. The molecule has 1 aliphatic rings.